The van der Waals surface area contributed by atoms with Crippen LogP contribution in [0.4, 0.5) is 4.39 Å². The van der Waals surface area contributed by atoms with Gasteiger partial charge in [-0.1, -0.05) is 30.3 Å². The average Bonchev–Trinajstić information content (AvgIpc) is 2.79. The molecule has 0 spiro atoms. The highest BCUT2D eigenvalue weighted by atomic mass is 79.9. The van der Waals surface area contributed by atoms with Crippen molar-refractivity contribution in [3.8, 4) is 0 Å². The first-order valence-electron chi connectivity index (χ1n) is 5.44. The van der Waals surface area contributed by atoms with Crippen LogP contribution < -0.4 is 0 Å². The molecule has 2 atom stereocenters. The molecule has 0 N–H and O–H groups in total. The Balaban J connectivity index is 2.11. The summed E-state index contributed by atoms with van der Waals surface area (Å²) >= 11 is 3.12. The molecule has 5 heteroatoms. The lowest BCUT2D eigenvalue weighted by atomic mass is 10.0. The summed E-state index contributed by atoms with van der Waals surface area (Å²) in [5.41, 5.74) is 0.943. The number of alkyl halides is 1. The third-order valence-corrected chi connectivity index (χ3v) is 3.04. The summed E-state index contributed by atoms with van der Waals surface area (Å²) in [6.45, 7) is 0. The molecule has 3 rings (SSSR count). The molecule has 16 heavy (non-hydrogen) atoms. The Morgan fingerprint density at radius 3 is 2.94 bits per heavy atom. The monoisotopic (exact) mass is 282 g/mol. The lowest BCUT2D eigenvalue weighted by Crippen LogP contribution is -2.07. The van der Waals surface area contributed by atoms with Gasteiger partial charge < -0.3 is 0 Å². The zero-order valence-electron chi connectivity index (χ0n) is 9.27. The highest BCUT2D eigenvalue weighted by Gasteiger charge is 2.34. The number of nitrogens with zero attached hydrogens (tertiary/aromatic N) is 3. The van der Waals surface area contributed by atoms with E-state index in [0.717, 1.165) is 5.56 Å². The number of benzene rings is 1. The Bertz CT molecular complexity index is 555. The third kappa shape index (κ3) is 1.46. The largest absolute Gasteiger partial charge is 0.239 e. The molecule has 0 saturated carbocycles. The second-order valence-electron chi connectivity index (χ2n) is 3.68. The maximum Gasteiger partial charge on any atom is 0.217 e. The molecular weight excluding hydrogens is 273 g/mol. The summed E-state index contributed by atoms with van der Waals surface area (Å²) in [5, 5.41) is 4.11. The molecule has 1 aromatic carbocycles. The summed E-state index contributed by atoms with van der Waals surface area (Å²) in [7, 11) is 0. The highest BCUT2D eigenvalue weighted by Crippen LogP contribution is 2.39. The fourth-order valence-corrected chi connectivity index (χ4v) is 2.32. The van der Waals surface area contributed by atoms with Crippen LogP contribution >= 0.6 is 15.9 Å². The first-order valence-corrected chi connectivity index (χ1v) is 5.73. The first-order chi connectivity index (χ1) is 8.08. The molecule has 0 aliphatic carbocycles. The first kappa shape index (κ1) is 8.87. The predicted octanol–water partition coefficient (Wildman–Crippen LogP) is 3.04. The van der Waals surface area contributed by atoms with Gasteiger partial charge in [-0.25, -0.2) is 14.1 Å². The van der Waals surface area contributed by atoms with Gasteiger partial charge in [0.15, 0.2) is 12.0 Å². The van der Waals surface area contributed by atoms with E-state index in [9.17, 15) is 4.39 Å². The minimum Gasteiger partial charge on any atom is -0.239 e. The van der Waals surface area contributed by atoms with Gasteiger partial charge in [0.2, 0.25) is 4.73 Å². The molecule has 2 unspecified atom stereocenters. The molecule has 0 saturated heterocycles. The lowest BCUT2D eigenvalue weighted by Gasteiger charge is -2.10. The van der Waals surface area contributed by atoms with Crippen molar-refractivity contribution in [3.05, 3.63) is 46.5 Å². The minimum atomic E-state index is -2.17. The molecular formula is C11H9BrFN3. The van der Waals surface area contributed by atoms with Gasteiger partial charge in [0, 0.05) is 6.42 Å². The number of hydrogen-bond acceptors (Lipinski definition) is 2. The molecule has 1 aliphatic heterocycles. The quantitative estimate of drug-likeness (QED) is 0.805. The predicted molar refractivity (Wildman–Crippen MR) is 60.8 cm³/mol. The molecule has 0 bridgehead atoms. The zero-order chi connectivity index (χ0) is 12.0. The molecule has 2 heterocycles. The summed E-state index contributed by atoms with van der Waals surface area (Å²) < 4.78 is 23.5. The maximum atomic E-state index is 14.1. The van der Waals surface area contributed by atoms with Crippen molar-refractivity contribution < 1.29 is 5.76 Å². The van der Waals surface area contributed by atoms with Crippen molar-refractivity contribution >= 4 is 15.9 Å². The molecule has 82 valence electrons. The standard InChI is InChI=1S/C11H9BrFN3/c12-11-14-10-8(13)6-9(16(10)15-11)7-4-2-1-3-5-7/h1-5,8-9H,6H2/i8D. The lowest BCUT2D eigenvalue weighted by molar-refractivity contribution is 0.328. The number of aromatic nitrogens is 3. The number of rotatable bonds is 1. The number of fused-ring (bicyclic) bond motifs is 1. The van der Waals surface area contributed by atoms with Gasteiger partial charge in [-0.3, -0.25) is 0 Å². The van der Waals surface area contributed by atoms with Crippen LogP contribution in [-0.2, 0) is 0 Å². The molecule has 2 aromatic rings. The van der Waals surface area contributed by atoms with Gasteiger partial charge >= 0.3 is 0 Å². The second kappa shape index (κ2) is 3.66. The van der Waals surface area contributed by atoms with Crippen molar-refractivity contribution in [2.75, 3.05) is 0 Å². The normalized spacial score (nSPS) is 28.9. The van der Waals surface area contributed by atoms with Crippen molar-refractivity contribution in [2.45, 2.75) is 18.6 Å². The Morgan fingerprint density at radius 1 is 1.44 bits per heavy atom. The van der Waals surface area contributed by atoms with E-state index in [0.29, 0.717) is 4.73 Å². The van der Waals surface area contributed by atoms with E-state index < -0.39 is 6.15 Å². The number of halogens is 2. The van der Waals surface area contributed by atoms with E-state index in [1.807, 2.05) is 30.3 Å². The summed E-state index contributed by atoms with van der Waals surface area (Å²) in [5.74, 6) is 0.0678. The van der Waals surface area contributed by atoms with Crippen molar-refractivity contribution in [1.29, 1.82) is 0 Å². The SMILES string of the molecule is [2H]C1(F)CC(c2ccccc2)n2nc(Br)nc21. The van der Waals surface area contributed by atoms with Crippen molar-refractivity contribution in [1.82, 2.24) is 14.8 Å². The van der Waals surface area contributed by atoms with Crippen LogP contribution in [0.3, 0.4) is 0 Å². The van der Waals surface area contributed by atoms with E-state index in [2.05, 4.69) is 26.0 Å². The van der Waals surface area contributed by atoms with Gasteiger partial charge in [-0.05, 0) is 21.5 Å². The van der Waals surface area contributed by atoms with E-state index in [1.54, 1.807) is 0 Å². The van der Waals surface area contributed by atoms with Crippen LogP contribution in [0.1, 0.15) is 31.4 Å². The molecule has 0 fully saturated rings. The summed E-state index contributed by atoms with van der Waals surface area (Å²) in [6.07, 6.45) is -2.11. The van der Waals surface area contributed by atoms with Crippen LogP contribution in [0.25, 0.3) is 0 Å². The van der Waals surface area contributed by atoms with Crippen LogP contribution in [0, 0.1) is 0 Å². The van der Waals surface area contributed by atoms with Crippen molar-refractivity contribution in [2.24, 2.45) is 0 Å². The highest BCUT2D eigenvalue weighted by molar-refractivity contribution is 9.10. The minimum absolute atomic E-state index is 0.0552. The Kier molecular flexibility index (Phi) is 2.03. The average molecular weight is 283 g/mol. The van der Waals surface area contributed by atoms with Gasteiger partial charge in [-0.15, -0.1) is 5.10 Å². The Morgan fingerprint density at radius 2 is 2.19 bits per heavy atom. The van der Waals surface area contributed by atoms with Gasteiger partial charge in [0.25, 0.3) is 0 Å². The fraction of sp³-hybridized carbons (Fsp3) is 0.273. The number of hydrogen-bond donors (Lipinski definition) is 0. The second-order valence-corrected chi connectivity index (χ2v) is 4.39. The molecule has 3 nitrogen and oxygen atoms in total. The van der Waals surface area contributed by atoms with E-state index in [1.165, 1.54) is 4.68 Å². The van der Waals surface area contributed by atoms with Gasteiger partial charge in [-0.2, -0.15) is 0 Å². The van der Waals surface area contributed by atoms with Gasteiger partial charge in [0.1, 0.15) is 0 Å². The van der Waals surface area contributed by atoms with E-state index >= 15 is 0 Å². The molecule has 1 aliphatic rings. The van der Waals surface area contributed by atoms with E-state index in [-0.39, 0.29) is 18.3 Å². The van der Waals surface area contributed by atoms with Crippen LogP contribution in [0.15, 0.2) is 35.1 Å². The maximum absolute atomic E-state index is 14.1. The Labute approximate surface area is 102 Å². The summed E-state index contributed by atoms with van der Waals surface area (Å²) in [6, 6.07) is 9.25. The zero-order valence-corrected chi connectivity index (χ0v) is 9.85. The van der Waals surface area contributed by atoms with E-state index in [4.69, 9.17) is 1.37 Å². The summed E-state index contributed by atoms with van der Waals surface area (Å²) in [4.78, 5) is 3.93. The third-order valence-electron chi connectivity index (χ3n) is 2.70. The topological polar surface area (TPSA) is 30.7 Å². The fourth-order valence-electron chi connectivity index (χ4n) is 1.98. The van der Waals surface area contributed by atoms with Gasteiger partial charge in [0.05, 0.1) is 7.41 Å². The van der Waals surface area contributed by atoms with Crippen LogP contribution in [0.2, 0.25) is 0 Å². The van der Waals surface area contributed by atoms with Crippen molar-refractivity contribution in [3.63, 3.8) is 0 Å². The molecule has 1 aromatic heterocycles. The Hall–Kier alpha value is -1.23. The van der Waals surface area contributed by atoms with Crippen LogP contribution in [0.5, 0.6) is 0 Å². The molecule has 0 radical (unpaired) electrons. The molecule has 0 amide bonds. The van der Waals surface area contributed by atoms with Crippen LogP contribution in [-0.4, -0.2) is 14.8 Å². The smallest absolute Gasteiger partial charge is 0.217 e.